The number of anilines is 1. The van der Waals surface area contributed by atoms with Crippen LogP contribution in [0.15, 0.2) is 36.4 Å². The molecule has 0 aliphatic carbocycles. The number of ether oxygens (including phenoxy) is 1. The van der Waals surface area contributed by atoms with Crippen LogP contribution in [0.1, 0.15) is 31.1 Å². The number of thiocarbonyl (C=S) groups is 1. The number of nitrogens with one attached hydrogen (secondary N) is 1. The molecule has 4 nitrogen and oxygen atoms in total. The van der Waals surface area contributed by atoms with E-state index in [4.69, 9.17) is 17.0 Å². The summed E-state index contributed by atoms with van der Waals surface area (Å²) in [4.78, 5) is 15.3. The molecule has 1 heterocycles. The van der Waals surface area contributed by atoms with E-state index in [1.165, 1.54) is 11.3 Å². The van der Waals surface area contributed by atoms with Crippen molar-refractivity contribution in [1.82, 2.24) is 4.90 Å². The van der Waals surface area contributed by atoms with Gasteiger partial charge < -0.3 is 15.0 Å². The highest BCUT2D eigenvalue weighted by Gasteiger charge is 2.19. The Labute approximate surface area is 152 Å². The van der Waals surface area contributed by atoms with Crippen molar-refractivity contribution in [3.05, 3.63) is 42.0 Å². The van der Waals surface area contributed by atoms with Crippen LogP contribution in [0.2, 0.25) is 0 Å². The first kappa shape index (κ1) is 18.4. The number of nitrogens with zero attached hydrogens (tertiary/aromatic N) is 1. The molecule has 0 unspecified atom stereocenters. The van der Waals surface area contributed by atoms with Gasteiger partial charge in [-0.05, 0) is 44.6 Å². The molecule has 0 saturated carbocycles. The minimum atomic E-state index is -0.333. The van der Waals surface area contributed by atoms with Crippen molar-refractivity contribution in [2.45, 2.75) is 20.8 Å². The van der Waals surface area contributed by atoms with Crippen molar-refractivity contribution in [1.29, 1.82) is 0 Å². The summed E-state index contributed by atoms with van der Waals surface area (Å²) < 4.78 is 5.18. The molecule has 128 valence electrons. The maximum Gasteiger partial charge on any atom is 0.341 e. The fourth-order valence-electron chi connectivity index (χ4n) is 2.28. The standard InChI is InChI=1S/C18H22N2O2S2/c1-4-20(5-2)18(23)19-16-14(17(21)22-6-3)12-15(24-16)13-10-8-7-9-11-13/h7-12H,4-6H2,1-3H3,(H,19,23). The van der Waals surface area contributed by atoms with Gasteiger partial charge in [0.15, 0.2) is 5.11 Å². The molecule has 1 aromatic heterocycles. The Morgan fingerprint density at radius 2 is 1.88 bits per heavy atom. The van der Waals surface area contributed by atoms with Crippen LogP contribution in [-0.2, 0) is 4.74 Å². The van der Waals surface area contributed by atoms with E-state index < -0.39 is 0 Å². The highest BCUT2D eigenvalue weighted by Crippen LogP contribution is 2.36. The van der Waals surface area contributed by atoms with Gasteiger partial charge in [-0.25, -0.2) is 4.79 Å². The molecule has 1 N–H and O–H groups in total. The first-order valence-corrected chi connectivity index (χ1v) is 9.25. The lowest BCUT2D eigenvalue weighted by Gasteiger charge is -2.22. The van der Waals surface area contributed by atoms with Crippen LogP contribution in [-0.4, -0.2) is 35.7 Å². The summed E-state index contributed by atoms with van der Waals surface area (Å²) in [5.41, 5.74) is 1.59. The number of rotatable bonds is 6. The maximum atomic E-state index is 12.3. The summed E-state index contributed by atoms with van der Waals surface area (Å²) in [5, 5.41) is 4.56. The minimum Gasteiger partial charge on any atom is -0.462 e. The van der Waals surface area contributed by atoms with E-state index in [2.05, 4.69) is 5.32 Å². The number of thiophene rings is 1. The fourth-order valence-corrected chi connectivity index (χ4v) is 3.75. The summed E-state index contributed by atoms with van der Waals surface area (Å²) in [5.74, 6) is -0.333. The molecule has 0 aliphatic rings. The molecule has 2 rings (SSSR count). The monoisotopic (exact) mass is 362 g/mol. The van der Waals surface area contributed by atoms with Gasteiger partial charge in [-0.3, -0.25) is 0 Å². The highest BCUT2D eigenvalue weighted by atomic mass is 32.1. The summed E-state index contributed by atoms with van der Waals surface area (Å²) in [7, 11) is 0. The van der Waals surface area contributed by atoms with E-state index in [0.717, 1.165) is 28.5 Å². The molecular formula is C18H22N2O2S2. The number of carbonyl (C=O) groups is 1. The van der Waals surface area contributed by atoms with Crippen molar-refractivity contribution in [2.24, 2.45) is 0 Å². The van der Waals surface area contributed by atoms with Crippen LogP contribution in [0.3, 0.4) is 0 Å². The number of hydrogen-bond acceptors (Lipinski definition) is 4. The predicted molar refractivity (Wildman–Crippen MR) is 105 cm³/mol. The van der Waals surface area contributed by atoms with Gasteiger partial charge in [-0.2, -0.15) is 0 Å². The molecule has 0 amide bonds. The molecule has 0 aliphatic heterocycles. The third-order valence-electron chi connectivity index (χ3n) is 3.56. The molecule has 0 fully saturated rings. The van der Waals surface area contributed by atoms with E-state index >= 15 is 0 Å². The van der Waals surface area contributed by atoms with Crippen molar-refractivity contribution < 1.29 is 9.53 Å². The second kappa shape index (κ2) is 8.80. The van der Waals surface area contributed by atoms with Gasteiger partial charge >= 0.3 is 5.97 Å². The van der Waals surface area contributed by atoms with E-state index in [1.807, 2.05) is 55.1 Å². The van der Waals surface area contributed by atoms with E-state index in [-0.39, 0.29) is 5.97 Å². The average Bonchev–Trinajstić information content (AvgIpc) is 3.01. The number of benzene rings is 1. The van der Waals surface area contributed by atoms with Crippen molar-refractivity contribution in [2.75, 3.05) is 25.0 Å². The second-order valence-corrected chi connectivity index (χ2v) is 6.48. The van der Waals surface area contributed by atoms with Crippen LogP contribution in [0.5, 0.6) is 0 Å². The van der Waals surface area contributed by atoms with Crippen LogP contribution < -0.4 is 5.32 Å². The Morgan fingerprint density at radius 3 is 2.46 bits per heavy atom. The van der Waals surface area contributed by atoms with Crippen LogP contribution in [0, 0.1) is 0 Å². The van der Waals surface area contributed by atoms with Gasteiger partial charge in [0.05, 0.1) is 12.2 Å². The Morgan fingerprint density at radius 1 is 1.21 bits per heavy atom. The molecule has 24 heavy (non-hydrogen) atoms. The molecule has 1 aromatic carbocycles. The predicted octanol–water partition coefficient (Wildman–Crippen LogP) is 4.63. The van der Waals surface area contributed by atoms with Gasteiger partial charge in [-0.15, -0.1) is 11.3 Å². The topological polar surface area (TPSA) is 41.6 Å². The highest BCUT2D eigenvalue weighted by molar-refractivity contribution is 7.80. The Kier molecular flexibility index (Phi) is 6.75. The van der Waals surface area contributed by atoms with Gasteiger partial charge in [0, 0.05) is 18.0 Å². The van der Waals surface area contributed by atoms with Crippen molar-refractivity contribution in [3.63, 3.8) is 0 Å². The Bertz CT molecular complexity index is 694. The Balaban J connectivity index is 2.35. The van der Waals surface area contributed by atoms with Crippen LogP contribution in [0.4, 0.5) is 5.00 Å². The quantitative estimate of drug-likeness (QED) is 0.599. The molecule has 0 saturated heterocycles. The van der Waals surface area contributed by atoms with Gasteiger partial charge in [-0.1, -0.05) is 30.3 Å². The lowest BCUT2D eigenvalue weighted by molar-refractivity contribution is 0.0528. The zero-order valence-electron chi connectivity index (χ0n) is 14.2. The fraction of sp³-hybridized carbons (Fsp3) is 0.333. The zero-order chi connectivity index (χ0) is 17.5. The Hall–Kier alpha value is -1.92. The summed E-state index contributed by atoms with van der Waals surface area (Å²) >= 11 is 6.97. The van der Waals surface area contributed by atoms with Crippen LogP contribution >= 0.6 is 23.6 Å². The molecular weight excluding hydrogens is 340 g/mol. The van der Waals surface area contributed by atoms with E-state index in [0.29, 0.717) is 17.3 Å². The molecule has 6 heteroatoms. The molecule has 0 atom stereocenters. The van der Waals surface area contributed by atoms with Gasteiger partial charge in [0.2, 0.25) is 0 Å². The molecule has 0 spiro atoms. The van der Waals surface area contributed by atoms with Crippen molar-refractivity contribution >= 4 is 39.6 Å². The molecule has 0 radical (unpaired) electrons. The third kappa shape index (κ3) is 4.33. The normalized spacial score (nSPS) is 10.3. The maximum absolute atomic E-state index is 12.3. The SMILES string of the molecule is CCOC(=O)c1cc(-c2ccccc2)sc1NC(=S)N(CC)CC. The van der Waals surface area contributed by atoms with Gasteiger partial charge in [0.25, 0.3) is 0 Å². The number of esters is 1. The lowest BCUT2D eigenvalue weighted by atomic mass is 10.1. The van der Waals surface area contributed by atoms with Crippen LogP contribution in [0.25, 0.3) is 10.4 Å². The summed E-state index contributed by atoms with van der Waals surface area (Å²) in [6.07, 6.45) is 0. The third-order valence-corrected chi connectivity index (χ3v) is 5.02. The van der Waals surface area contributed by atoms with E-state index in [9.17, 15) is 4.79 Å². The summed E-state index contributed by atoms with van der Waals surface area (Å²) in [6.45, 7) is 7.87. The summed E-state index contributed by atoms with van der Waals surface area (Å²) in [6, 6.07) is 11.8. The number of hydrogen-bond donors (Lipinski definition) is 1. The molecule has 2 aromatic rings. The zero-order valence-corrected chi connectivity index (χ0v) is 15.8. The smallest absolute Gasteiger partial charge is 0.341 e. The largest absolute Gasteiger partial charge is 0.462 e. The van der Waals surface area contributed by atoms with Crippen molar-refractivity contribution in [3.8, 4) is 10.4 Å². The number of carbonyl (C=O) groups excluding carboxylic acids is 1. The van der Waals surface area contributed by atoms with E-state index in [1.54, 1.807) is 6.92 Å². The second-order valence-electron chi connectivity index (χ2n) is 5.04. The first-order valence-electron chi connectivity index (χ1n) is 8.02. The average molecular weight is 363 g/mol. The first-order chi connectivity index (χ1) is 11.6. The van der Waals surface area contributed by atoms with Gasteiger partial charge in [0.1, 0.15) is 5.00 Å². The lowest BCUT2D eigenvalue weighted by Crippen LogP contribution is -2.34. The molecule has 0 bridgehead atoms. The minimum absolute atomic E-state index is 0.333.